The van der Waals surface area contributed by atoms with Gasteiger partial charge in [0.25, 0.3) is 0 Å². The Morgan fingerprint density at radius 3 is 1.55 bits per heavy atom. The normalized spacial score (nSPS) is 19.8. The van der Waals surface area contributed by atoms with Crippen molar-refractivity contribution in [2.24, 2.45) is 0 Å². The van der Waals surface area contributed by atoms with E-state index in [1.807, 2.05) is 6.92 Å². The second kappa shape index (κ2) is 4.59. The van der Waals surface area contributed by atoms with Crippen LogP contribution in [0.5, 0.6) is 0 Å². The molecule has 1 atom stereocenters. The Hall–Kier alpha value is -0.820. The van der Waals surface area contributed by atoms with Gasteiger partial charge in [0.15, 0.2) is 0 Å². The number of aliphatic hydroxyl groups excluding tert-OH is 1. The molecule has 20 heavy (non-hydrogen) atoms. The molecule has 0 heterocycles. The maximum Gasteiger partial charge on any atom is 0.0608 e. The number of benzene rings is 1. The van der Waals surface area contributed by atoms with Crippen LogP contribution in [0.3, 0.4) is 0 Å². The van der Waals surface area contributed by atoms with E-state index in [0.717, 1.165) is 12.8 Å². The van der Waals surface area contributed by atoms with Gasteiger partial charge in [-0.05, 0) is 47.3 Å². The second-order valence-electron chi connectivity index (χ2n) is 8.63. The summed E-state index contributed by atoms with van der Waals surface area (Å²) in [6.45, 7) is 15.5. The van der Waals surface area contributed by atoms with Crippen molar-refractivity contribution in [1.82, 2.24) is 0 Å². The Balaban J connectivity index is 2.59. The van der Waals surface area contributed by atoms with E-state index in [1.54, 1.807) is 0 Å². The summed E-state index contributed by atoms with van der Waals surface area (Å²) in [5.41, 5.74) is 4.40. The van der Waals surface area contributed by atoms with Crippen molar-refractivity contribution >= 4 is 0 Å². The SMILES string of the molecule is CC(O)C1(c2cc(C(C)(C)C)cc(C(C)(C)C)c2)CC1. The third kappa shape index (κ3) is 2.79. The van der Waals surface area contributed by atoms with Crippen LogP contribution in [0.4, 0.5) is 0 Å². The standard InChI is InChI=1S/C19H30O/c1-13(20)19(8-9-19)16-11-14(17(2,3)4)10-15(12-16)18(5,6)7/h10-13,20H,8-9H2,1-7H3. The Kier molecular flexibility index (Phi) is 3.57. The molecular formula is C19H30O. The van der Waals surface area contributed by atoms with Gasteiger partial charge in [-0.15, -0.1) is 0 Å². The van der Waals surface area contributed by atoms with Crippen LogP contribution in [-0.4, -0.2) is 11.2 Å². The molecule has 1 unspecified atom stereocenters. The molecule has 1 heteroatoms. The van der Waals surface area contributed by atoms with Crippen LogP contribution < -0.4 is 0 Å². The van der Waals surface area contributed by atoms with Crippen molar-refractivity contribution in [3.05, 3.63) is 34.9 Å². The first-order valence-electron chi connectivity index (χ1n) is 7.81. The van der Waals surface area contributed by atoms with E-state index in [1.165, 1.54) is 16.7 Å². The number of hydrogen-bond acceptors (Lipinski definition) is 1. The molecule has 1 saturated carbocycles. The van der Waals surface area contributed by atoms with Gasteiger partial charge in [0, 0.05) is 5.41 Å². The summed E-state index contributed by atoms with van der Waals surface area (Å²) in [6.07, 6.45) is 1.97. The summed E-state index contributed by atoms with van der Waals surface area (Å²) in [6, 6.07) is 7.01. The molecular weight excluding hydrogens is 244 g/mol. The highest BCUT2D eigenvalue weighted by Gasteiger charge is 2.48. The van der Waals surface area contributed by atoms with Crippen molar-refractivity contribution < 1.29 is 5.11 Å². The topological polar surface area (TPSA) is 20.2 Å². The fourth-order valence-electron chi connectivity index (χ4n) is 2.86. The highest BCUT2D eigenvalue weighted by Crippen LogP contribution is 2.52. The quantitative estimate of drug-likeness (QED) is 0.829. The molecule has 0 spiro atoms. The van der Waals surface area contributed by atoms with Crippen LogP contribution in [0.2, 0.25) is 0 Å². The molecule has 1 aliphatic rings. The minimum Gasteiger partial charge on any atom is -0.392 e. The van der Waals surface area contributed by atoms with Crippen LogP contribution in [0.15, 0.2) is 18.2 Å². The molecule has 1 aliphatic carbocycles. The van der Waals surface area contributed by atoms with Crippen molar-refractivity contribution in [2.75, 3.05) is 0 Å². The van der Waals surface area contributed by atoms with Gasteiger partial charge >= 0.3 is 0 Å². The van der Waals surface area contributed by atoms with E-state index in [0.29, 0.717) is 0 Å². The summed E-state index contributed by atoms with van der Waals surface area (Å²) in [7, 11) is 0. The smallest absolute Gasteiger partial charge is 0.0608 e. The number of rotatable bonds is 2. The van der Waals surface area contributed by atoms with Crippen molar-refractivity contribution in [2.45, 2.75) is 83.7 Å². The van der Waals surface area contributed by atoms with Gasteiger partial charge in [0.05, 0.1) is 6.10 Å². The number of aliphatic hydroxyl groups is 1. The highest BCUT2D eigenvalue weighted by atomic mass is 16.3. The molecule has 1 aromatic carbocycles. The molecule has 0 aromatic heterocycles. The van der Waals surface area contributed by atoms with E-state index in [2.05, 4.69) is 59.7 Å². The fourth-order valence-corrected chi connectivity index (χ4v) is 2.86. The van der Waals surface area contributed by atoms with Gasteiger partial charge < -0.3 is 5.11 Å². The first-order chi connectivity index (χ1) is 8.97. The van der Waals surface area contributed by atoms with Crippen molar-refractivity contribution in [3.63, 3.8) is 0 Å². The van der Waals surface area contributed by atoms with Crippen LogP contribution >= 0.6 is 0 Å². The molecule has 1 N–H and O–H groups in total. The van der Waals surface area contributed by atoms with Gasteiger partial charge in [-0.3, -0.25) is 0 Å². The lowest BCUT2D eigenvalue weighted by molar-refractivity contribution is 0.150. The lowest BCUT2D eigenvalue weighted by Crippen LogP contribution is -2.25. The minimum atomic E-state index is -0.259. The van der Waals surface area contributed by atoms with Gasteiger partial charge in [0.1, 0.15) is 0 Å². The molecule has 1 aromatic rings. The predicted octanol–water partition coefficient (Wildman–Crippen LogP) is 4.69. The van der Waals surface area contributed by atoms with E-state index < -0.39 is 0 Å². The summed E-state index contributed by atoms with van der Waals surface area (Å²) in [5.74, 6) is 0. The molecule has 0 bridgehead atoms. The average Bonchev–Trinajstić information content (AvgIpc) is 3.07. The first kappa shape index (κ1) is 15.6. The summed E-state index contributed by atoms with van der Waals surface area (Å²) < 4.78 is 0. The van der Waals surface area contributed by atoms with Crippen LogP contribution in [-0.2, 0) is 16.2 Å². The largest absolute Gasteiger partial charge is 0.392 e. The zero-order valence-corrected chi connectivity index (χ0v) is 14.2. The Bertz CT molecular complexity index is 461. The van der Waals surface area contributed by atoms with Crippen molar-refractivity contribution in [3.8, 4) is 0 Å². The van der Waals surface area contributed by atoms with Crippen LogP contribution in [0.1, 0.15) is 78.0 Å². The highest BCUT2D eigenvalue weighted by molar-refractivity contribution is 5.43. The monoisotopic (exact) mass is 274 g/mol. The Labute approximate surface area is 124 Å². The predicted molar refractivity (Wildman–Crippen MR) is 86.4 cm³/mol. The first-order valence-corrected chi connectivity index (χ1v) is 7.81. The van der Waals surface area contributed by atoms with Gasteiger partial charge in [-0.25, -0.2) is 0 Å². The molecule has 0 amide bonds. The lowest BCUT2D eigenvalue weighted by Gasteiger charge is -2.29. The zero-order chi connectivity index (χ0) is 15.3. The molecule has 2 rings (SSSR count). The average molecular weight is 274 g/mol. The van der Waals surface area contributed by atoms with E-state index >= 15 is 0 Å². The number of hydrogen-bond donors (Lipinski definition) is 1. The third-order valence-electron chi connectivity index (χ3n) is 4.83. The summed E-state index contributed by atoms with van der Waals surface area (Å²) in [4.78, 5) is 0. The Morgan fingerprint density at radius 1 is 0.900 bits per heavy atom. The summed E-state index contributed by atoms with van der Waals surface area (Å²) in [5, 5.41) is 10.2. The molecule has 1 fully saturated rings. The van der Waals surface area contributed by atoms with Crippen LogP contribution in [0.25, 0.3) is 0 Å². The van der Waals surface area contributed by atoms with Gasteiger partial charge in [-0.1, -0.05) is 59.7 Å². The molecule has 0 saturated heterocycles. The molecule has 0 radical (unpaired) electrons. The van der Waals surface area contributed by atoms with Crippen molar-refractivity contribution in [1.29, 1.82) is 0 Å². The molecule has 112 valence electrons. The van der Waals surface area contributed by atoms with Crippen LogP contribution in [0, 0.1) is 0 Å². The fraction of sp³-hybridized carbons (Fsp3) is 0.684. The third-order valence-corrected chi connectivity index (χ3v) is 4.83. The maximum atomic E-state index is 10.2. The van der Waals surface area contributed by atoms with E-state index in [-0.39, 0.29) is 22.3 Å². The second-order valence-corrected chi connectivity index (χ2v) is 8.63. The molecule has 1 nitrogen and oxygen atoms in total. The minimum absolute atomic E-state index is 0.0151. The summed E-state index contributed by atoms with van der Waals surface area (Å²) >= 11 is 0. The Morgan fingerprint density at radius 2 is 1.30 bits per heavy atom. The van der Waals surface area contributed by atoms with E-state index in [4.69, 9.17) is 0 Å². The van der Waals surface area contributed by atoms with Gasteiger partial charge in [-0.2, -0.15) is 0 Å². The lowest BCUT2D eigenvalue weighted by atomic mass is 9.77. The molecule has 0 aliphatic heterocycles. The van der Waals surface area contributed by atoms with E-state index in [9.17, 15) is 5.11 Å². The van der Waals surface area contributed by atoms with Gasteiger partial charge in [0.2, 0.25) is 0 Å². The zero-order valence-electron chi connectivity index (χ0n) is 14.2. The maximum absolute atomic E-state index is 10.2.